The van der Waals surface area contributed by atoms with Crippen LogP contribution in [-0.4, -0.2) is 15.5 Å². The molecule has 0 unspecified atom stereocenters. The molecular formula is C13H13IN2O3S. The maximum absolute atomic E-state index is 11.8. The van der Waals surface area contributed by atoms with Crippen molar-refractivity contribution < 1.29 is 13.2 Å². The molecule has 0 spiro atoms. The predicted octanol–water partition coefficient (Wildman–Crippen LogP) is 2.57. The van der Waals surface area contributed by atoms with Gasteiger partial charge < -0.3 is 10.5 Å². The summed E-state index contributed by atoms with van der Waals surface area (Å²) in [6, 6.07) is 11.8. The Morgan fingerprint density at radius 2 is 1.85 bits per heavy atom. The van der Waals surface area contributed by atoms with Crippen molar-refractivity contribution in [1.29, 1.82) is 0 Å². The normalized spacial score (nSPS) is 11.3. The van der Waals surface area contributed by atoms with Crippen molar-refractivity contribution in [3.8, 4) is 11.5 Å². The molecule has 0 saturated heterocycles. The third-order valence-corrected chi connectivity index (χ3v) is 4.92. The number of nitrogens with one attached hydrogen (secondary N) is 1. The van der Waals surface area contributed by atoms with E-state index < -0.39 is 10.0 Å². The monoisotopic (exact) mass is 404 g/mol. The topological polar surface area (TPSA) is 81.4 Å². The first-order valence-corrected chi connectivity index (χ1v) is 8.25. The van der Waals surface area contributed by atoms with Crippen molar-refractivity contribution in [1.82, 2.24) is 4.72 Å². The molecule has 0 radical (unpaired) electrons. The number of anilines is 1. The van der Waals surface area contributed by atoms with E-state index in [1.54, 1.807) is 6.07 Å². The quantitative estimate of drug-likeness (QED) is 0.607. The molecule has 0 atom stereocenters. The second-order valence-electron chi connectivity index (χ2n) is 3.94. The fourth-order valence-corrected chi connectivity index (χ4v) is 2.78. The van der Waals surface area contributed by atoms with Crippen LogP contribution in [0.25, 0.3) is 0 Å². The fourth-order valence-electron chi connectivity index (χ4n) is 1.53. The summed E-state index contributed by atoms with van der Waals surface area (Å²) >= 11 is 2.13. The van der Waals surface area contributed by atoms with E-state index >= 15 is 0 Å². The van der Waals surface area contributed by atoms with E-state index in [2.05, 4.69) is 27.3 Å². The van der Waals surface area contributed by atoms with Gasteiger partial charge in [-0.15, -0.1) is 0 Å². The Morgan fingerprint density at radius 3 is 2.50 bits per heavy atom. The van der Waals surface area contributed by atoms with E-state index in [4.69, 9.17) is 10.5 Å². The first-order valence-electron chi connectivity index (χ1n) is 5.69. The van der Waals surface area contributed by atoms with Crippen LogP contribution in [0.3, 0.4) is 0 Å². The molecule has 0 aliphatic rings. The molecule has 2 aromatic carbocycles. The first kappa shape index (κ1) is 15.1. The third kappa shape index (κ3) is 3.22. The number of nitrogen functional groups attached to an aromatic ring is 1. The minimum Gasteiger partial charge on any atom is -0.454 e. The summed E-state index contributed by atoms with van der Waals surface area (Å²) in [5, 5.41) is 0. The van der Waals surface area contributed by atoms with E-state index in [0.29, 0.717) is 17.2 Å². The summed E-state index contributed by atoms with van der Waals surface area (Å²) in [6.07, 6.45) is 0. The molecule has 5 nitrogen and oxygen atoms in total. The highest BCUT2D eigenvalue weighted by Gasteiger charge is 2.14. The Kier molecular flexibility index (Phi) is 4.51. The van der Waals surface area contributed by atoms with Crippen molar-refractivity contribution in [3.63, 3.8) is 0 Å². The molecular weight excluding hydrogens is 391 g/mol. The molecule has 7 heteroatoms. The van der Waals surface area contributed by atoms with Crippen LogP contribution in [0.15, 0.2) is 47.4 Å². The average molecular weight is 404 g/mol. The van der Waals surface area contributed by atoms with Crippen molar-refractivity contribution in [2.24, 2.45) is 0 Å². The zero-order valence-corrected chi connectivity index (χ0v) is 13.6. The molecule has 0 fully saturated rings. The highest BCUT2D eigenvalue weighted by molar-refractivity contribution is 14.1. The zero-order chi connectivity index (χ0) is 14.8. The van der Waals surface area contributed by atoms with Gasteiger partial charge in [0.25, 0.3) is 0 Å². The number of ether oxygens (including phenoxy) is 1. The van der Waals surface area contributed by atoms with Gasteiger partial charge in [0.2, 0.25) is 10.0 Å². The van der Waals surface area contributed by atoms with Crippen LogP contribution in [-0.2, 0) is 10.0 Å². The summed E-state index contributed by atoms with van der Waals surface area (Å²) in [5.41, 5.74) is 6.20. The standard InChI is InChI=1S/C13H13IN2O3S/c1-16-20(17,18)9-6-7-11(15)13(8-9)19-12-5-3-2-4-10(12)14/h2-8,16H,15H2,1H3. The van der Waals surface area contributed by atoms with Crippen LogP contribution in [0.2, 0.25) is 0 Å². The van der Waals surface area contributed by atoms with Gasteiger partial charge in [0, 0.05) is 6.07 Å². The van der Waals surface area contributed by atoms with E-state index in [-0.39, 0.29) is 4.90 Å². The maximum atomic E-state index is 11.8. The summed E-state index contributed by atoms with van der Waals surface area (Å²) in [5.74, 6) is 0.934. The van der Waals surface area contributed by atoms with Gasteiger partial charge in [-0.25, -0.2) is 13.1 Å². The van der Waals surface area contributed by atoms with Gasteiger partial charge in [-0.1, -0.05) is 12.1 Å². The van der Waals surface area contributed by atoms with Crippen LogP contribution in [0, 0.1) is 3.57 Å². The lowest BCUT2D eigenvalue weighted by Crippen LogP contribution is -2.18. The Morgan fingerprint density at radius 1 is 1.15 bits per heavy atom. The van der Waals surface area contributed by atoms with E-state index in [1.807, 2.05) is 18.2 Å². The smallest absolute Gasteiger partial charge is 0.240 e. The van der Waals surface area contributed by atoms with Crippen molar-refractivity contribution in [3.05, 3.63) is 46.0 Å². The second kappa shape index (κ2) is 5.98. The lowest BCUT2D eigenvalue weighted by atomic mass is 10.3. The van der Waals surface area contributed by atoms with Gasteiger partial charge in [0.05, 0.1) is 14.2 Å². The summed E-state index contributed by atoms with van der Waals surface area (Å²) in [7, 11) is -2.17. The number of sulfonamides is 1. The number of para-hydroxylation sites is 1. The summed E-state index contributed by atoms with van der Waals surface area (Å²) < 4.78 is 32.4. The summed E-state index contributed by atoms with van der Waals surface area (Å²) in [6.45, 7) is 0. The fraction of sp³-hybridized carbons (Fsp3) is 0.0769. The molecule has 0 aliphatic heterocycles. The minimum absolute atomic E-state index is 0.107. The molecule has 2 rings (SSSR count). The second-order valence-corrected chi connectivity index (χ2v) is 6.99. The molecule has 0 aliphatic carbocycles. The molecule has 0 aromatic heterocycles. The van der Waals surface area contributed by atoms with E-state index in [0.717, 1.165) is 3.57 Å². The van der Waals surface area contributed by atoms with Gasteiger partial charge in [-0.3, -0.25) is 0 Å². The number of halogens is 1. The number of hydrogen-bond donors (Lipinski definition) is 2. The van der Waals surface area contributed by atoms with Crippen molar-refractivity contribution >= 4 is 38.3 Å². The van der Waals surface area contributed by atoms with E-state index in [9.17, 15) is 8.42 Å². The summed E-state index contributed by atoms with van der Waals surface area (Å²) in [4.78, 5) is 0.107. The Hall–Kier alpha value is -1.32. The van der Waals surface area contributed by atoms with Crippen LogP contribution in [0.1, 0.15) is 0 Å². The largest absolute Gasteiger partial charge is 0.454 e. The molecule has 20 heavy (non-hydrogen) atoms. The van der Waals surface area contributed by atoms with Gasteiger partial charge in [0.15, 0.2) is 5.75 Å². The van der Waals surface area contributed by atoms with Gasteiger partial charge >= 0.3 is 0 Å². The lowest BCUT2D eigenvalue weighted by molar-refractivity contribution is 0.479. The number of hydrogen-bond acceptors (Lipinski definition) is 4. The van der Waals surface area contributed by atoms with Crippen LogP contribution < -0.4 is 15.2 Å². The highest BCUT2D eigenvalue weighted by Crippen LogP contribution is 2.32. The van der Waals surface area contributed by atoms with Crippen molar-refractivity contribution in [2.75, 3.05) is 12.8 Å². The SMILES string of the molecule is CNS(=O)(=O)c1ccc(N)c(Oc2ccccc2I)c1. The number of nitrogens with two attached hydrogens (primary N) is 1. The molecule has 3 N–H and O–H groups in total. The maximum Gasteiger partial charge on any atom is 0.240 e. The average Bonchev–Trinajstić information content (AvgIpc) is 2.43. The van der Waals surface area contributed by atoms with Crippen LogP contribution >= 0.6 is 22.6 Å². The minimum atomic E-state index is -3.53. The first-order chi connectivity index (χ1) is 9.44. The molecule has 0 heterocycles. The molecule has 2 aromatic rings. The Bertz CT molecular complexity index is 732. The van der Waals surface area contributed by atoms with Crippen LogP contribution in [0.5, 0.6) is 11.5 Å². The number of benzene rings is 2. The van der Waals surface area contributed by atoms with Crippen LogP contribution in [0.4, 0.5) is 5.69 Å². The molecule has 106 valence electrons. The Labute approximate surface area is 131 Å². The lowest BCUT2D eigenvalue weighted by Gasteiger charge is -2.11. The molecule has 0 bridgehead atoms. The molecule has 0 amide bonds. The number of rotatable bonds is 4. The van der Waals surface area contributed by atoms with Gasteiger partial charge in [0.1, 0.15) is 5.75 Å². The predicted molar refractivity (Wildman–Crippen MR) is 86.3 cm³/mol. The zero-order valence-electron chi connectivity index (χ0n) is 10.6. The van der Waals surface area contributed by atoms with Gasteiger partial charge in [-0.05, 0) is 53.9 Å². The Balaban J connectivity index is 2.42. The molecule has 0 saturated carbocycles. The van der Waals surface area contributed by atoms with E-state index in [1.165, 1.54) is 25.2 Å². The van der Waals surface area contributed by atoms with Gasteiger partial charge in [-0.2, -0.15) is 0 Å². The third-order valence-electron chi connectivity index (χ3n) is 2.62. The van der Waals surface area contributed by atoms with Crippen molar-refractivity contribution in [2.45, 2.75) is 4.90 Å². The highest BCUT2D eigenvalue weighted by atomic mass is 127.